The third kappa shape index (κ3) is 4.45. The second kappa shape index (κ2) is 9.28. The highest BCUT2D eigenvalue weighted by molar-refractivity contribution is 5.78. The van der Waals surface area contributed by atoms with Crippen molar-refractivity contribution in [3.05, 3.63) is 75.7 Å². The molecule has 1 fully saturated rings. The number of rotatable bonds is 6. The van der Waals surface area contributed by atoms with Gasteiger partial charge in [-0.1, -0.05) is 43.3 Å². The first-order valence-electron chi connectivity index (χ1n) is 11.0. The van der Waals surface area contributed by atoms with Gasteiger partial charge in [0.15, 0.2) is 0 Å². The van der Waals surface area contributed by atoms with Crippen LogP contribution in [0.5, 0.6) is 0 Å². The molecule has 1 N–H and O–H groups in total. The summed E-state index contributed by atoms with van der Waals surface area (Å²) in [5.41, 5.74) is 5.92. The Morgan fingerprint density at radius 1 is 1.13 bits per heavy atom. The first kappa shape index (κ1) is 21.0. The van der Waals surface area contributed by atoms with Gasteiger partial charge in [-0.2, -0.15) is 5.26 Å². The fraction of sp³-hybridized carbons (Fsp3) is 0.346. The Hall–Kier alpha value is -3.23. The minimum Gasteiger partial charge on any atom is -0.316 e. The van der Waals surface area contributed by atoms with Gasteiger partial charge in [0.2, 0.25) is 0 Å². The Morgan fingerprint density at radius 3 is 2.45 bits per heavy atom. The molecule has 0 aliphatic carbocycles. The lowest BCUT2D eigenvalue weighted by Crippen LogP contribution is -2.26. The van der Waals surface area contributed by atoms with Crippen molar-refractivity contribution in [1.82, 2.24) is 14.9 Å². The van der Waals surface area contributed by atoms with E-state index in [1.54, 1.807) is 16.7 Å². The average molecular weight is 413 g/mol. The Kier molecular flexibility index (Phi) is 6.29. The predicted molar refractivity (Wildman–Crippen MR) is 124 cm³/mol. The number of nitrogens with zero attached hydrogens (tertiary/aromatic N) is 3. The summed E-state index contributed by atoms with van der Waals surface area (Å²) in [4.78, 5) is 18.1. The number of aromatic nitrogens is 2. The van der Waals surface area contributed by atoms with Gasteiger partial charge < -0.3 is 9.88 Å². The molecule has 1 aromatic heterocycles. The van der Waals surface area contributed by atoms with Crippen molar-refractivity contribution >= 4 is 0 Å². The van der Waals surface area contributed by atoms with E-state index in [9.17, 15) is 4.79 Å². The number of hydrogen-bond acceptors (Lipinski definition) is 4. The zero-order chi connectivity index (χ0) is 21.8. The van der Waals surface area contributed by atoms with Gasteiger partial charge in [-0.15, -0.1) is 0 Å². The molecule has 0 amide bonds. The standard InChI is InChI=1S/C26H28N4O/c1-3-18-4-11-22(12-5-18)25-24(21-9-6-19(16-27)7-10-21)29-23(26(31)30(25)2)13-8-20-14-15-28-17-20/h4-7,9-12,20,28H,3,8,13-15,17H2,1-2H3/t20-/m1/s1. The SMILES string of the molecule is CCc1ccc(-c2c(-c3ccc(C#N)cc3)nc(CC[C@@H]3CCNC3)c(=O)n2C)cc1. The third-order valence-electron chi connectivity index (χ3n) is 6.23. The predicted octanol–water partition coefficient (Wildman–Crippen LogP) is 4.09. The quantitative estimate of drug-likeness (QED) is 0.662. The molecule has 0 bridgehead atoms. The van der Waals surface area contributed by atoms with Crippen LogP contribution in [0.1, 0.15) is 36.6 Å². The van der Waals surface area contributed by atoms with Crippen LogP contribution in [0.25, 0.3) is 22.5 Å². The van der Waals surface area contributed by atoms with Crippen molar-refractivity contribution in [2.75, 3.05) is 13.1 Å². The number of benzene rings is 2. The summed E-state index contributed by atoms with van der Waals surface area (Å²) in [7, 11) is 1.83. The van der Waals surface area contributed by atoms with Crippen LogP contribution < -0.4 is 10.9 Å². The lowest BCUT2D eigenvalue weighted by atomic mass is 9.99. The van der Waals surface area contributed by atoms with E-state index in [0.29, 0.717) is 23.6 Å². The maximum atomic E-state index is 13.2. The molecule has 0 radical (unpaired) electrons. The molecule has 31 heavy (non-hydrogen) atoms. The van der Waals surface area contributed by atoms with E-state index in [1.165, 1.54) is 5.56 Å². The molecule has 0 spiro atoms. The van der Waals surface area contributed by atoms with Crippen LogP contribution in [-0.4, -0.2) is 22.6 Å². The number of nitrogens with one attached hydrogen (secondary N) is 1. The van der Waals surface area contributed by atoms with Crippen molar-refractivity contribution in [2.24, 2.45) is 13.0 Å². The molecule has 2 aromatic carbocycles. The number of aryl methyl sites for hydroxylation is 2. The molecule has 1 aliphatic rings. The molecule has 158 valence electrons. The van der Waals surface area contributed by atoms with Crippen LogP contribution in [0.4, 0.5) is 0 Å². The van der Waals surface area contributed by atoms with Gasteiger partial charge >= 0.3 is 0 Å². The first-order valence-corrected chi connectivity index (χ1v) is 11.0. The van der Waals surface area contributed by atoms with Crippen molar-refractivity contribution in [2.45, 2.75) is 32.6 Å². The molecule has 5 heteroatoms. The van der Waals surface area contributed by atoms with Crippen molar-refractivity contribution in [3.63, 3.8) is 0 Å². The molecule has 1 atom stereocenters. The summed E-state index contributed by atoms with van der Waals surface area (Å²) in [6, 6.07) is 17.9. The normalized spacial score (nSPS) is 15.7. The maximum absolute atomic E-state index is 13.2. The number of hydrogen-bond donors (Lipinski definition) is 1. The van der Waals surface area contributed by atoms with Gasteiger partial charge in [0, 0.05) is 18.2 Å². The molecule has 1 saturated heterocycles. The highest BCUT2D eigenvalue weighted by atomic mass is 16.1. The van der Waals surface area contributed by atoms with E-state index >= 15 is 0 Å². The highest BCUT2D eigenvalue weighted by Crippen LogP contribution is 2.30. The van der Waals surface area contributed by atoms with Crippen LogP contribution in [-0.2, 0) is 19.9 Å². The lowest BCUT2D eigenvalue weighted by Gasteiger charge is -2.17. The van der Waals surface area contributed by atoms with E-state index in [1.807, 2.05) is 19.2 Å². The molecule has 2 heterocycles. The second-order valence-corrected chi connectivity index (χ2v) is 8.26. The summed E-state index contributed by atoms with van der Waals surface area (Å²) >= 11 is 0. The Morgan fingerprint density at radius 2 is 1.84 bits per heavy atom. The van der Waals surface area contributed by atoms with Crippen LogP contribution in [0.3, 0.4) is 0 Å². The zero-order valence-corrected chi connectivity index (χ0v) is 18.2. The molecule has 4 rings (SSSR count). The molecular weight excluding hydrogens is 384 g/mol. The monoisotopic (exact) mass is 412 g/mol. The van der Waals surface area contributed by atoms with Gasteiger partial charge in [0.25, 0.3) is 5.56 Å². The molecule has 0 saturated carbocycles. The lowest BCUT2D eigenvalue weighted by molar-refractivity contribution is 0.526. The van der Waals surface area contributed by atoms with E-state index < -0.39 is 0 Å². The van der Waals surface area contributed by atoms with Crippen molar-refractivity contribution < 1.29 is 0 Å². The van der Waals surface area contributed by atoms with Crippen LogP contribution in [0, 0.1) is 17.2 Å². The molecular formula is C26H28N4O. The first-order chi connectivity index (χ1) is 15.1. The van der Waals surface area contributed by atoms with E-state index in [4.69, 9.17) is 10.2 Å². The minimum atomic E-state index is -0.0297. The molecule has 1 aliphatic heterocycles. The Labute approximate surface area is 183 Å². The topological polar surface area (TPSA) is 70.7 Å². The van der Waals surface area contributed by atoms with Gasteiger partial charge in [-0.05, 0) is 62.4 Å². The molecule has 5 nitrogen and oxygen atoms in total. The molecule has 0 unspecified atom stereocenters. The summed E-state index contributed by atoms with van der Waals surface area (Å²) < 4.78 is 1.74. The summed E-state index contributed by atoms with van der Waals surface area (Å²) in [5.74, 6) is 0.603. The Balaban J connectivity index is 1.82. The van der Waals surface area contributed by atoms with Crippen LogP contribution in [0.15, 0.2) is 53.3 Å². The van der Waals surface area contributed by atoms with Crippen LogP contribution in [0.2, 0.25) is 0 Å². The summed E-state index contributed by atoms with van der Waals surface area (Å²) in [5, 5.41) is 12.6. The van der Waals surface area contributed by atoms with Gasteiger partial charge in [-0.25, -0.2) is 4.98 Å². The smallest absolute Gasteiger partial charge is 0.272 e. The summed E-state index contributed by atoms with van der Waals surface area (Å²) in [6.07, 6.45) is 3.77. The summed E-state index contributed by atoms with van der Waals surface area (Å²) in [6.45, 7) is 4.20. The van der Waals surface area contributed by atoms with Crippen molar-refractivity contribution in [3.8, 4) is 28.6 Å². The fourth-order valence-electron chi connectivity index (χ4n) is 4.29. The van der Waals surface area contributed by atoms with Gasteiger partial charge in [0.1, 0.15) is 5.69 Å². The van der Waals surface area contributed by atoms with E-state index in [-0.39, 0.29) is 5.56 Å². The van der Waals surface area contributed by atoms with E-state index in [2.05, 4.69) is 42.6 Å². The van der Waals surface area contributed by atoms with Gasteiger partial charge in [0.05, 0.1) is 23.0 Å². The zero-order valence-electron chi connectivity index (χ0n) is 18.2. The average Bonchev–Trinajstić information content (AvgIpc) is 3.34. The maximum Gasteiger partial charge on any atom is 0.272 e. The Bertz CT molecular complexity index is 1150. The fourth-order valence-corrected chi connectivity index (χ4v) is 4.29. The van der Waals surface area contributed by atoms with E-state index in [0.717, 1.165) is 54.9 Å². The molecule has 3 aromatic rings. The van der Waals surface area contributed by atoms with Gasteiger partial charge in [-0.3, -0.25) is 4.79 Å². The van der Waals surface area contributed by atoms with Crippen molar-refractivity contribution in [1.29, 1.82) is 5.26 Å². The largest absolute Gasteiger partial charge is 0.316 e. The third-order valence-corrected chi connectivity index (χ3v) is 6.23. The van der Waals surface area contributed by atoms with Crippen LogP contribution >= 0.6 is 0 Å². The second-order valence-electron chi connectivity index (χ2n) is 8.26. The minimum absolute atomic E-state index is 0.0297. The highest BCUT2D eigenvalue weighted by Gasteiger charge is 2.20. The number of nitriles is 1.